The zero-order valence-electron chi connectivity index (χ0n) is 23.4. The number of amides is 2. The number of anilines is 1. The maximum atomic E-state index is 14.1. The number of nitrogens with zero attached hydrogens (tertiary/aromatic N) is 2. The molecule has 41 heavy (non-hydrogen) atoms. The van der Waals surface area contributed by atoms with Crippen LogP contribution in [0.3, 0.4) is 0 Å². The van der Waals surface area contributed by atoms with Crippen LogP contribution in [0.1, 0.15) is 49.3 Å². The highest BCUT2D eigenvalue weighted by Crippen LogP contribution is 2.35. The van der Waals surface area contributed by atoms with Crippen molar-refractivity contribution in [1.82, 2.24) is 10.2 Å². The van der Waals surface area contributed by atoms with E-state index in [-0.39, 0.29) is 39.1 Å². The molecule has 218 valence electrons. The average Bonchev–Trinajstić information content (AvgIpc) is 3.45. The minimum atomic E-state index is -4.24. The van der Waals surface area contributed by atoms with Crippen molar-refractivity contribution in [3.05, 3.63) is 93.5 Å². The fourth-order valence-electron chi connectivity index (χ4n) is 4.98. The number of carbonyl (C=O) groups excluding carboxylic acids is 2. The molecule has 3 aromatic carbocycles. The number of hydrogen-bond donors (Lipinski definition) is 1. The highest BCUT2D eigenvalue weighted by molar-refractivity contribution is 7.92. The van der Waals surface area contributed by atoms with Gasteiger partial charge in [0.1, 0.15) is 12.6 Å². The smallest absolute Gasteiger partial charge is 0.264 e. The van der Waals surface area contributed by atoms with E-state index in [0.29, 0.717) is 0 Å². The van der Waals surface area contributed by atoms with E-state index in [1.807, 2.05) is 38.1 Å². The lowest BCUT2D eigenvalue weighted by Crippen LogP contribution is -2.52. The van der Waals surface area contributed by atoms with Crippen LogP contribution >= 0.6 is 23.2 Å². The van der Waals surface area contributed by atoms with Crippen molar-refractivity contribution in [2.45, 2.75) is 70.0 Å². The molecule has 0 unspecified atom stereocenters. The molecule has 1 atom stereocenters. The van der Waals surface area contributed by atoms with Gasteiger partial charge in [-0.3, -0.25) is 13.9 Å². The number of rotatable bonds is 10. The summed E-state index contributed by atoms with van der Waals surface area (Å²) in [5, 5.41) is 3.24. The fourth-order valence-corrected chi connectivity index (χ4v) is 6.86. The molecule has 0 spiro atoms. The zero-order chi connectivity index (χ0) is 29.7. The lowest BCUT2D eigenvalue weighted by atomic mass is 10.1. The van der Waals surface area contributed by atoms with E-state index in [2.05, 4.69) is 5.32 Å². The van der Waals surface area contributed by atoms with E-state index in [0.717, 1.165) is 46.7 Å². The van der Waals surface area contributed by atoms with Crippen molar-refractivity contribution >= 4 is 50.7 Å². The number of halogens is 2. The van der Waals surface area contributed by atoms with E-state index in [1.54, 1.807) is 31.2 Å². The van der Waals surface area contributed by atoms with Crippen molar-refractivity contribution < 1.29 is 18.0 Å². The lowest BCUT2D eigenvalue weighted by Gasteiger charge is -2.33. The molecular weight excluding hydrogens is 581 g/mol. The summed E-state index contributed by atoms with van der Waals surface area (Å²) in [4.78, 5) is 28.9. The topological polar surface area (TPSA) is 86.8 Å². The second-order valence-corrected chi connectivity index (χ2v) is 13.2. The third-order valence-electron chi connectivity index (χ3n) is 7.56. The highest BCUT2D eigenvalue weighted by Gasteiger charge is 2.34. The first-order valence-corrected chi connectivity index (χ1v) is 15.9. The maximum absolute atomic E-state index is 14.1. The summed E-state index contributed by atoms with van der Waals surface area (Å²) in [6, 6.07) is 17.8. The van der Waals surface area contributed by atoms with Crippen LogP contribution in [0.4, 0.5) is 5.69 Å². The number of carbonyl (C=O) groups is 2. The molecule has 7 nitrogen and oxygen atoms in total. The minimum absolute atomic E-state index is 0.00409. The van der Waals surface area contributed by atoms with Crippen LogP contribution in [-0.2, 0) is 26.2 Å². The summed E-state index contributed by atoms with van der Waals surface area (Å²) in [6.07, 6.45) is 3.91. The van der Waals surface area contributed by atoms with Crippen LogP contribution in [-0.4, -0.2) is 43.8 Å². The first kappa shape index (κ1) is 30.9. The van der Waals surface area contributed by atoms with Crippen molar-refractivity contribution in [3.8, 4) is 0 Å². The Hall–Kier alpha value is -3.07. The number of hydrogen-bond acceptors (Lipinski definition) is 4. The van der Waals surface area contributed by atoms with Crippen molar-refractivity contribution in [3.63, 3.8) is 0 Å². The number of sulfonamides is 1. The molecule has 0 aromatic heterocycles. The van der Waals surface area contributed by atoms with Gasteiger partial charge in [0.15, 0.2) is 0 Å². The number of aryl methyl sites for hydroxylation is 2. The second-order valence-electron chi connectivity index (χ2n) is 10.5. The Morgan fingerprint density at radius 3 is 2.27 bits per heavy atom. The van der Waals surface area contributed by atoms with E-state index in [9.17, 15) is 18.0 Å². The Balaban J connectivity index is 1.73. The van der Waals surface area contributed by atoms with Crippen LogP contribution in [0.5, 0.6) is 0 Å². The summed E-state index contributed by atoms with van der Waals surface area (Å²) in [5.41, 5.74) is 2.77. The molecule has 0 aliphatic heterocycles. The summed E-state index contributed by atoms with van der Waals surface area (Å²) >= 11 is 12.8. The Morgan fingerprint density at radius 1 is 0.951 bits per heavy atom. The molecular formula is C31H35Cl2N3O4S. The average molecular weight is 617 g/mol. The van der Waals surface area contributed by atoms with Gasteiger partial charge in [-0.05, 0) is 69.0 Å². The summed E-state index contributed by atoms with van der Waals surface area (Å²) in [6.45, 7) is 5.01. The predicted molar refractivity (Wildman–Crippen MR) is 164 cm³/mol. The molecule has 0 bridgehead atoms. The van der Waals surface area contributed by atoms with Gasteiger partial charge >= 0.3 is 0 Å². The molecule has 1 fully saturated rings. The highest BCUT2D eigenvalue weighted by atomic mass is 35.5. The molecule has 1 N–H and O–H groups in total. The van der Waals surface area contributed by atoms with Gasteiger partial charge in [0.05, 0.1) is 20.6 Å². The van der Waals surface area contributed by atoms with Gasteiger partial charge in [0.25, 0.3) is 10.0 Å². The molecule has 2 amide bonds. The van der Waals surface area contributed by atoms with Gasteiger partial charge < -0.3 is 10.2 Å². The fraction of sp³-hybridized carbons (Fsp3) is 0.355. The summed E-state index contributed by atoms with van der Waals surface area (Å²) < 4.78 is 28.9. The lowest BCUT2D eigenvalue weighted by molar-refractivity contribution is -0.139. The summed E-state index contributed by atoms with van der Waals surface area (Å²) in [5.74, 6) is -0.818. The first-order valence-electron chi connectivity index (χ1n) is 13.7. The Kier molecular flexibility index (Phi) is 10.00. The molecule has 0 radical (unpaired) electrons. The molecule has 1 aliphatic carbocycles. The molecule has 4 rings (SSSR count). The maximum Gasteiger partial charge on any atom is 0.264 e. The van der Waals surface area contributed by atoms with Gasteiger partial charge in [0.2, 0.25) is 11.8 Å². The summed E-state index contributed by atoms with van der Waals surface area (Å²) in [7, 11) is -4.24. The van der Waals surface area contributed by atoms with E-state index >= 15 is 0 Å². The van der Waals surface area contributed by atoms with Crippen LogP contribution < -0.4 is 9.62 Å². The SMILES string of the molecule is Cc1ccc(S(=O)(=O)N(CC(=O)N(Cc2ccccc2C)[C@H](C)C(=O)NC2CCCC2)c2cccc(Cl)c2Cl)cc1. The van der Waals surface area contributed by atoms with E-state index in [1.165, 1.54) is 23.1 Å². The quantitative estimate of drug-likeness (QED) is 0.291. The molecule has 1 aliphatic rings. The molecule has 3 aromatic rings. The van der Waals surface area contributed by atoms with Gasteiger partial charge in [-0.2, -0.15) is 0 Å². The van der Waals surface area contributed by atoms with Crippen LogP contribution in [0.25, 0.3) is 0 Å². The van der Waals surface area contributed by atoms with Gasteiger partial charge in [-0.25, -0.2) is 8.42 Å². The van der Waals surface area contributed by atoms with E-state index < -0.39 is 28.5 Å². The van der Waals surface area contributed by atoms with E-state index in [4.69, 9.17) is 23.2 Å². The Morgan fingerprint density at radius 2 is 1.61 bits per heavy atom. The molecule has 10 heteroatoms. The normalized spacial score (nSPS) is 14.5. The third kappa shape index (κ3) is 7.23. The van der Waals surface area contributed by atoms with Crippen molar-refractivity contribution in [2.75, 3.05) is 10.8 Å². The van der Waals surface area contributed by atoms with Crippen LogP contribution in [0.2, 0.25) is 10.0 Å². The number of nitrogens with one attached hydrogen (secondary N) is 1. The number of benzene rings is 3. The standard InChI is InChI=1S/C31H35Cl2N3O4S/c1-21-15-17-26(18-16-21)41(39,40)36(28-14-8-13-27(32)30(28)33)20-29(37)35(19-24-10-5-4-9-22(24)2)23(3)31(38)34-25-11-6-7-12-25/h4-5,8-10,13-18,23,25H,6-7,11-12,19-20H2,1-3H3,(H,34,38)/t23-/m1/s1. The molecule has 1 saturated carbocycles. The largest absolute Gasteiger partial charge is 0.352 e. The van der Waals surface area contributed by atoms with Crippen LogP contribution in [0, 0.1) is 13.8 Å². The first-order chi connectivity index (χ1) is 19.5. The van der Waals surface area contributed by atoms with Gasteiger partial charge in [-0.1, -0.05) is 84.1 Å². The van der Waals surface area contributed by atoms with Crippen LogP contribution in [0.15, 0.2) is 71.6 Å². The molecule has 0 heterocycles. The second kappa shape index (κ2) is 13.3. The monoisotopic (exact) mass is 615 g/mol. The Bertz CT molecular complexity index is 1510. The Labute approximate surface area is 252 Å². The van der Waals surface area contributed by atoms with Gasteiger partial charge in [0, 0.05) is 12.6 Å². The van der Waals surface area contributed by atoms with Crippen molar-refractivity contribution in [1.29, 1.82) is 0 Å². The van der Waals surface area contributed by atoms with Gasteiger partial charge in [-0.15, -0.1) is 0 Å². The predicted octanol–water partition coefficient (Wildman–Crippen LogP) is 6.28. The molecule has 0 saturated heterocycles. The zero-order valence-corrected chi connectivity index (χ0v) is 25.8. The third-order valence-corrected chi connectivity index (χ3v) is 10.1. The van der Waals surface area contributed by atoms with Crippen molar-refractivity contribution in [2.24, 2.45) is 0 Å². The minimum Gasteiger partial charge on any atom is -0.352 e.